The van der Waals surface area contributed by atoms with E-state index in [0.717, 1.165) is 31.2 Å². The zero-order chi connectivity index (χ0) is 16.0. The van der Waals surface area contributed by atoms with E-state index in [1.165, 1.54) is 0 Å². The Morgan fingerprint density at radius 2 is 1.86 bits per heavy atom. The summed E-state index contributed by atoms with van der Waals surface area (Å²) in [6, 6.07) is 3.30. The minimum atomic E-state index is -3.54. The molecular weight excluding hydrogens is 286 g/mol. The summed E-state index contributed by atoms with van der Waals surface area (Å²) in [5.74, 6) is 0. The van der Waals surface area contributed by atoms with Crippen LogP contribution in [0.1, 0.15) is 56.2 Å². The molecule has 0 spiro atoms. The second-order valence-electron chi connectivity index (χ2n) is 5.72. The monoisotopic (exact) mass is 313 g/mol. The topological polar surface area (TPSA) is 66.4 Å². The SMILES string of the molecule is CCCCCC(C)NS(=O)(=O)c1cc(CO)c(C)cc1C. The van der Waals surface area contributed by atoms with Crippen molar-refractivity contribution < 1.29 is 13.5 Å². The zero-order valence-corrected chi connectivity index (χ0v) is 14.3. The molecule has 2 N–H and O–H groups in total. The number of hydrogen-bond acceptors (Lipinski definition) is 3. The van der Waals surface area contributed by atoms with Crippen molar-refractivity contribution in [2.75, 3.05) is 0 Å². The predicted molar refractivity (Wildman–Crippen MR) is 85.8 cm³/mol. The summed E-state index contributed by atoms with van der Waals surface area (Å²) < 4.78 is 27.7. The average Bonchev–Trinajstić information content (AvgIpc) is 2.38. The van der Waals surface area contributed by atoms with Gasteiger partial charge in [-0.1, -0.05) is 32.3 Å². The number of aryl methyl sites for hydroxylation is 2. The summed E-state index contributed by atoms with van der Waals surface area (Å²) in [6.07, 6.45) is 4.10. The molecule has 0 saturated heterocycles. The quantitative estimate of drug-likeness (QED) is 0.725. The van der Waals surface area contributed by atoms with E-state index in [9.17, 15) is 13.5 Å². The Balaban J connectivity index is 2.92. The van der Waals surface area contributed by atoms with Gasteiger partial charge in [0.2, 0.25) is 10.0 Å². The van der Waals surface area contributed by atoms with Crippen molar-refractivity contribution in [2.24, 2.45) is 0 Å². The Kier molecular flexibility index (Phi) is 6.84. The molecule has 5 heteroatoms. The first-order valence-electron chi connectivity index (χ1n) is 7.55. The van der Waals surface area contributed by atoms with Gasteiger partial charge in [-0.15, -0.1) is 0 Å². The van der Waals surface area contributed by atoms with Crippen LogP contribution in [0.4, 0.5) is 0 Å². The summed E-state index contributed by atoms with van der Waals surface area (Å²) in [7, 11) is -3.54. The van der Waals surface area contributed by atoms with Crippen molar-refractivity contribution in [3.05, 3.63) is 28.8 Å². The minimum Gasteiger partial charge on any atom is -0.392 e. The Hall–Kier alpha value is -0.910. The lowest BCUT2D eigenvalue weighted by molar-refractivity contribution is 0.280. The Morgan fingerprint density at radius 1 is 1.19 bits per heavy atom. The maximum atomic E-state index is 12.5. The molecule has 1 rings (SSSR count). The van der Waals surface area contributed by atoms with E-state index in [0.29, 0.717) is 11.1 Å². The summed E-state index contributed by atoms with van der Waals surface area (Å²) in [5.41, 5.74) is 2.27. The van der Waals surface area contributed by atoms with E-state index < -0.39 is 10.0 Å². The Bertz CT molecular complexity index is 567. The molecule has 1 aromatic carbocycles. The first-order valence-corrected chi connectivity index (χ1v) is 9.03. The lowest BCUT2D eigenvalue weighted by Crippen LogP contribution is -2.33. The molecule has 1 unspecified atom stereocenters. The van der Waals surface area contributed by atoms with Gasteiger partial charge in [0.15, 0.2) is 0 Å². The molecule has 1 aromatic rings. The fourth-order valence-electron chi connectivity index (χ4n) is 2.42. The predicted octanol–water partition coefficient (Wildman–Crippen LogP) is 3.04. The molecule has 0 bridgehead atoms. The number of aliphatic hydroxyl groups excluding tert-OH is 1. The maximum Gasteiger partial charge on any atom is 0.241 e. The van der Waals surface area contributed by atoms with E-state index in [1.807, 2.05) is 19.9 Å². The van der Waals surface area contributed by atoms with E-state index in [4.69, 9.17) is 0 Å². The van der Waals surface area contributed by atoms with E-state index in [2.05, 4.69) is 11.6 Å². The number of rotatable bonds is 8. The van der Waals surface area contributed by atoms with E-state index >= 15 is 0 Å². The normalized spacial score (nSPS) is 13.4. The third kappa shape index (κ3) is 5.09. The third-order valence-corrected chi connectivity index (χ3v) is 5.42. The molecule has 0 heterocycles. The molecule has 0 radical (unpaired) electrons. The van der Waals surface area contributed by atoms with Gasteiger partial charge in [0.1, 0.15) is 0 Å². The molecular formula is C16H27NO3S. The van der Waals surface area contributed by atoms with Gasteiger partial charge in [0.25, 0.3) is 0 Å². The number of nitrogens with one attached hydrogen (secondary N) is 1. The van der Waals surface area contributed by atoms with Crippen molar-refractivity contribution in [3.8, 4) is 0 Å². The van der Waals surface area contributed by atoms with E-state index in [1.54, 1.807) is 13.0 Å². The first kappa shape index (κ1) is 18.1. The van der Waals surface area contributed by atoms with Gasteiger partial charge in [0, 0.05) is 6.04 Å². The average molecular weight is 313 g/mol. The molecule has 0 fully saturated rings. The van der Waals surface area contributed by atoms with Crippen molar-refractivity contribution in [1.82, 2.24) is 4.72 Å². The van der Waals surface area contributed by atoms with Gasteiger partial charge in [-0.2, -0.15) is 0 Å². The van der Waals surface area contributed by atoms with Crippen LogP contribution in [-0.2, 0) is 16.6 Å². The minimum absolute atomic E-state index is 0.0835. The molecule has 0 saturated carbocycles. The fourth-order valence-corrected chi connectivity index (χ4v) is 3.98. The molecule has 120 valence electrons. The highest BCUT2D eigenvalue weighted by atomic mass is 32.2. The van der Waals surface area contributed by atoms with Gasteiger partial charge in [-0.05, 0) is 49.9 Å². The van der Waals surface area contributed by atoms with Crippen molar-refractivity contribution in [2.45, 2.75) is 70.9 Å². The molecule has 0 aliphatic carbocycles. The molecule has 21 heavy (non-hydrogen) atoms. The highest BCUT2D eigenvalue weighted by molar-refractivity contribution is 7.89. The lowest BCUT2D eigenvalue weighted by atomic mass is 10.1. The van der Waals surface area contributed by atoms with Crippen LogP contribution in [0, 0.1) is 13.8 Å². The summed E-state index contributed by atoms with van der Waals surface area (Å²) in [5, 5.41) is 9.31. The summed E-state index contributed by atoms with van der Waals surface area (Å²) in [6.45, 7) is 7.52. The largest absolute Gasteiger partial charge is 0.392 e. The first-order chi connectivity index (χ1) is 9.81. The third-order valence-electron chi connectivity index (χ3n) is 3.69. The summed E-state index contributed by atoms with van der Waals surface area (Å²) >= 11 is 0. The Labute approximate surface area is 128 Å². The molecule has 0 aromatic heterocycles. The number of unbranched alkanes of at least 4 members (excludes halogenated alkanes) is 2. The molecule has 4 nitrogen and oxygen atoms in total. The highest BCUT2D eigenvalue weighted by Gasteiger charge is 2.20. The van der Waals surface area contributed by atoms with Crippen molar-refractivity contribution in [3.63, 3.8) is 0 Å². The zero-order valence-electron chi connectivity index (χ0n) is 13.4. The number of sulfonamides is 1. The fraction of sp³-hybridized carbons (Fsp3) is 0.625. The maximum absolute atomic E-state index is 12.5. The van der Waals surface area contributed by atoms with Crippen LogP contribution in [0.15, 0.2) is 17.0 Å². The summed E-state index contributed by atoms with van der Waals surface area (Å²) in [4.78, 5) is 0.263. The van der Waals surface area contributed by atoms with Crippen LogP contribution in [0.5, 0.6) is 0 Å². The second-order valence-corrected chi connectivity index (χ2v) is 7.40. The Morgan fingerprint density at radius 3 is 2.43 bits per heavy atom. The molecule has 0 amide bonds. The van der Waals surface area contributed by atoms with Crippen molar-refractivity contribution >= 4 is 10.0 Å². The van der Waals surface area contributed by atoms with Crippen LogP contribution in [0.2, 0.25) is 0 Å². The van der Waals surface area contributed by atoms with Gasteiger partial charge >= 0.3 is 0 Å². The van der Waals surface area contributed by atoms with E-state index in [-0.39, 0.29) is 17.5 Å². The van der Waals surface area contributed by atoms with Crippen LogP contribution in [0.25, 0.3) is 0 Å². The lowest BCUT2D eigenvalue weighted by Gasteiger charge is -2.16. The van der Waals surface area contributed by atoms with Crippen molar-refractivity contribution in [1.29, 1.82) is 0 Å². The highest BCUT2D eigenvalue weighted by Crippen LogP contribution is 2.21. The van der Waals surface area contributed by atoms with Gasteiger partial charge in [0.05, 0.1) is 11.5 Å². The molecule has 0 aliphatic heterocycles. The standard InChI is InChI=1S/C16H27NO3S/c1-5-6-7-8-14(4)17-21(19,20)16-10-15(11-18)12(2)9-13(16)3/h9-10,14,17-18H,5-8,11H2,1-4H3. The smallest absolute Gasteiger partial charge is 0.241 e. The van der Waals surface area contributed by atoms with Gasteiger partial charge < -0.3 is 5.11 Å². The number of aliphatic hydroxyl groups is 1. The van der Waals surface area contributed by atoms with Gasteiger partial charge in [-0.25, -0.2) is 13.1 Å². The van der Waals surface area contributed by atoms with Crippen LogP contribution >= 0.6 is 0 Å². The van der Waals surface area contributed by atoms with Crippen LogP contribution < -0.4 is 4.72 Å². The van der Waals surface area contributed by atoms with Crippen LogP contribution in [0.3, 0.4) is 0 Å². The molecule has 0 aliphatic rings. The molecule has 1 atom stereocenters. The number of benzene rings is 1. The number of hydrogen-bond donors (Lipinski definition) is 2. The van der Waals surface area contributed by atoms with Crippen LogP contribution in [-0.4, -0.2) is 19.6 Å². The van der Waals surface area contributed by atoms with Gasteiger partial charge in [-0.3, -0.25) is 0 Å². The second kappa shape index (κ2) is 7.92.